The Balaban J connectivity index is 1.16. The van der Waals surface area contributed by atoms with Gasteiger partial charge in [0, 0.05) is 33.5 Å². The fraction of sp³-hybridized carbons (Fsp3) is 0. The van der Waals surface area contributed by atoms with Crippen LogP contribution in [0.1, 0.15) is 0 Å². The molecule has 0 radical (unpaired) electrons. The summed E-state index contributed by atoms with van der Waals surface area (Å²) in [5.74, 6) is 0. The quantitative estimate of drug-likeness (QED) is 0.169. The molecule has 2 nitrogen and oxygen atoms in total. The van der Waals surface area contributed by atoms with E-state index in [-0.39, 0.29) is 0 Å². The van der Waals surface area contributed by atoms with Crippen LogP contribution in [0.25, 0.3) is 60.9 Å². The maximum atomic E-state index is 2.42. The van der Waals surface area contributed by atoms with Gasteiger partial charge in [-0.3, -0.25) is 0 Å². The van der Waals surface area contributed by atoms with Gasteiger partial charge in [0.25, 0.3) is 0 Å². The summed E-state index contributed by atoms with van der Waals surface area (Å²) < 4.78 is 2.42. The first-order valence-corrected chi connectivity index (χ1v) is 17.1. The Morgan fingerprint density at radius 1 is 0.300 bits per heavy atom. The Labute approximate surface area is 292 Å². The number of para-hydroxylation sites is 3. The van der Waals surface area contributed by atoms with Crippen molar-refractivity contribution >= 4 is 38.9 Å². The number of fused-ring (bicyclic) bond motifs is 3. The van der Waals surface area contributed by atoms with Crippen molar-refractivity contribution in [3.8, 4) is 39.1 Å². The molecule has 0 unspecified atom stereocenters. The van der Waals surface area contributed by atoms with Crippen molar-refractivity contribution in [2.75, 3.05) is 4.90 Å². The highest BCUT2D eigenvalue weighted by atomic mass is 15.1. The lowest BCUT2D eigenvalue weighted by Crippen LogP contribution is -2.09. The summed E-state index contributed by atoms with van der Waals surface area (Å²) >= 11 is 0. The molecule has 0 spiro atoms. The zero-order chi connectivity index (χ0) is 33.3. The van der Waals surface area contributed by atoms with Gasteiger partial charge in [0.1, 0.15) is 0 Å². The maximum Gasteiger partial charge on any atom is 0.0547 e. The lowest BCUT2D eigenvalue weighted by molar-refractivity contribution is 1.18. The van der Waals surface area contributed by atoms with Gasteiger partial charge in [-0.15, -0.1) is 0 Å². The van der Waals surface area contributed by atoms with E-state index in [0.29, 0.717) is 0 Å². The van der Waals surface area contributed by atoms with Gasteiger partial charge in [0.2, 0.25) is 0 Å². The number of rotatable bonds is 7. The second kappa shape index (κ2) is 12.8. The number of aromatic nitrogens is 1. The van der Waals surface area contributed by atoms with Crippen molar-refractivity contribution in [3.63, 3.8) is 0 Å². The number of benzene rings is 8. The molecular formula is C48H34N2. The highest BCUT2D eigenvalue weighted by Crippen LogP contribution is 2.40. The number of nitrogens with zero attached hydrogens (tertiary/aromatic N) is 2. The van der Waals surface area contributed by atoms with E-state index in [1.165, 1.54) is 55.2 Å². The summed E-state index contributed by atoms with van der Waals surface area (Å²) in [6.07, 6.45) is 0. The zero-order valence-corrected chi connectivity index (χ0v) is 27.5. The van der Waals surface area contributed by atoms with Crippen LogP contribution in [0.3, 0.4) is 0 Å². The molecule has 0 saturated heterocycles. The van der Waals surface area contributed by atoms with Crippen molar-refractivity contribution in [3.05, 3.63) is 206 Å². The topological polar surface area (TPSA) is 8.17 Å². The summed E-state index contributed by atoms with van der Waals surface area (Å²) in [4.78, 5) is 2.30. The van der Waals surface area contributed by atoms with Crippen molar-refractivity contribution in [1.29, 1.82) is 0 Å². The lowest BCUT2D eigenvalue weighted by atomic mass is 9.93. The second-order valence-corrected chi connectivity index (χ2v) is 12.6. The Hall–Kier alpha value is -6.64. The summed E-state index contributed by atoms with van der Waals surface area (Å²) in [6, 6.07) is 74.0. The molecule has 0 amide bonds. The van der Waals surface area contributed by atoms with E-state index in [4.69, 9.17) is 0 Å². The predicted molar refractivity (Wildman–Crippen MR) is 212 cm³/mol. The highest BCUT2D eigenvalue weighted by Gasteiger charge is 2.17. The molecule has 0 saturated carbocycles. The molecule has 236 valence electrons. The molecule has 8 aromatic carbocycles. The van der Waals surface area contributed by atoms with Gasteiger partial charge in [-0.25, -0.2) is 0 Å². The van der Waals surface area contributed by atoms with Gasteiger partial charge in [-0.2, -0.15) is 0 Å². The van der Waals surface area contributed by atoms with Crippen LogP contribution >= 0.6 is 0 Å². The largest absolute Gasteiger partial charge is 0.311 e. The maximum absolute atomic E-state index is 2.42. The Morgan fingerprint density at radius 2 is 0.720 bits per heavy atom. The number of anilines is 3. The monoisotopic (exact) mass is 638 g/mol. The Morgan fingerprint density at radius 3 is 1.30 bits per heavy atom. The van der Waals surface area contributed by atoms with Crippen molar-refractivity contribution in [2.45, 2.75) is 0 Å². The third kappa shape index (κ3) is 5.34. The molecule has 2 heteroatoms. The summed E-state index contributed by atoms with van der Waals surface area (Å²) in [5.41, 5.74) is 14.1. The third-order valence-electron chi connectivity index (χ3n) is 9.59. The first kappa shape index (κ1) is 29.5. The predicted octanol–water partition coefficient (Wildman–Crippen LogP) is 13.3. The molecule has 1 heterocycles. The van der Waals surface area contributed by atoms with Crippen LogP contribution in [0.5, 0.6) is 0 Å². The molecular weight excluding hydrogens is 605 g/mol. The van der Waals surface area contributed by atoms with Gasteiger partial charge in [0.15, 0.2) is 0 Å². The molecule has 0 aliphatic carbocycles. The third-order valence-corrected chi connectivity index (χ3v) is 9.59. The van der Waals surface area contributed by atoms with E-state index in [1.54, 1.807) is 0 Å². The molecule has 0 aliphatic heterocycles. The van der Waals surface area contributed by atoms with E-state index >= 15 is 0 Å². The molecule has 0 N–H and O–H groups in total. The molecule has 0 aliphatic rings. The molecule has 0 atom stereocenters. The van der Waals surface area contributed by atoms with Crippen LogP contribution < -0.4 is 4.90 Å². The van der Waals surface area contributed by atoms with E-state index in [2.05, 4.69) is 216 Å². The van der Waals surface area contributed by atoms with Crippen LogP contribution in [0.2, 0.25) is 0 Å². The first-order chi connectivity index (χ1) is 24.8. The number of hydrogen-bond acceptors (Lipinski definition) is 1. The van der Waals surface area contributed by atoms with E-state index in [1.807, 2.05) is 0 Å². The van der Waals surface area contributed by atoms with Gasteiger partial charge < -0.3 is 9.47 Å². The first-order valence-electron chi connectivity index (χ1n) is 17.1. The fourth-order valence-corrected chi connectivity index (χ4v) is 7.23. The van der Waals surface area contributed by atoms with Crippen molar-refractivity contribution < 1.29 is 0 Å². The summed E-state index contributed by atoms with van der Waals surface area (Å²) in [6.45, 7) is 0. The SMILES string of the molecule is c1ccc(-c2ccc3c4ccc(-c5ccccc5-c5ccc(N(c6ccccc6)c6ccccc6)cc5)cc4n(-c4ccccc4)c3c2)cc1. The van der Waals surface area contributed by atoms with Crippen LogP contribution in [0, 0.1) is 0 Å². The molecule has 0 bridgehead atoms. The average Bonchev–Trinajstić information content (AvgIpc) is 3.53. The van der Waals surface area contributed by atoms with E-state index < -0.39 is 0 Å². The summed E-state index contributed by atoms with van der Waals surface area (Å²) in [5, 5.41) is 2.50. The van der Waals surface area contributed by atoms with Crippen LogP contribution in [0.15, 0.2) is 206 Å². The second-order valence-electron chi connectivity index (χ2n) is 12.6. The van der Waals surface area contributed by atoms with Crippen molar-refractivity contribution in [1.82, 2.24) is 4.57 Å². The molecule has 50 heavy (non-hydrogen) atoms. The standard InChI is InChI=1S/C48H34N2/c1-5-15-35(16-6-1)37-27-31-45-46-32-28-38(34-48(46)50(47(45)33-37)41-21-11-4-12-22-41)44-24-14-13-23-43(44)36-25-29-42(30-26-36)49(39-17-7-2-8-18-39)40-19-9-3-10-20-40/h1-34H. The molecule has 0 fully saturated rings. The van der Waals surface area contributed by atoms with Gasteiger partial charge >= 0.3 is 0 Å². The minimum atomic E-state index is 1.12. The minimum Gasteiger partial charge on any atom is -0.311 e. The molecule has 9 rings (SSSR count). The van der Waals surface area contributed by atoms with Gasteiger partial charge in [0.05, 0.1) is 11.0 Å². The average molecular weight is 639 g/mol. The van der Waals surface area contributed by atoms with E-state index in [9.17, 15) is 0 Å². The van der Waals surface area contributed by atoms with Crippen LogP contribution in [0.4, 0.5) is 17.1 Å². The van der Waals surface area contributed by atoms with Crippen LogP contribution in [-0.2, 0) is 0 Å². The Kier molecular flexibility index (Phi) is 7.53. The van der Waals surface area contributed by atoms with Gasteiger partial charge in [-0.1, -0.05) is 146 Å². The lowest BCUT2D eigenvalue weighted by Gasteiger charge is -2.25. The zero-order valence-electron chi connectivity index (χ0n) is 27.5. The fourth-order valence-electron chi connectivity index (χ4n) is 7.23. The Bertz CT molecular complexity index is 2510. The minimum absolute atomic E-state index is 1.12. The molecule has 1 aromatic heterocycles. The number of hydrogen-bond donors (Lipinski definition) is 0. The highest BCUT2D eigenvalue weighted by molar-refractivity contribution is 6.11. The van der Waals surface area contributed by atoms with E-state index in [0.717, 1.165) is 22.7 Å². The van der Waals surface area contributed by atoms with Crippen LogP contribution in [-0.4, -0.2) is 4.57 Å². The summed E-state index contributed by atoms with van der Waals surface area (Å²) in [7, 11) is 0. The smallest absolute Gasteiger partial charge is 0.0547 e. The van der Waals surface area contributed by atoms with Crippen molar-refractivity contribution in [2.24, 2.45) is 0 Å². The molecule has 9 aromatic rings. The van der Waals surface area contributed by atoms with Gasteiger partial charge in [-0.05, 0) is 94.0 Å². The normalized spacial score (nSPS) is 11.2.